The van der Waals surface area contributed by atoms with Gasteiger partial charge < -0.3 is 10.1 Å². The first-order valence-corrected chi connectivity index (χ1v) is 9.47. The molecular formula is C20H19N3O3S. The number of nitrogens with one attached hydrogen (secondary N) is 1. The molecule has 1 aliphatic rings. The molecule has 3 heterocycles. The molecule has 6 nitrogen and oxygen atoms in total. The van der Waals surface area contributed by atoms with Gasteiger partial charge in [0.2, 0.25) is 5.91 Å². The number of methoxy groups -OCH3 is 1. The molecule has 0 radical (unpaired) electrons. The van der Waals surface area contributed by atoms with Crippen molar-refractivity contribution in [1.29, 1.82) is 0 Å². The van der Waals surface area contributed by atoms with Crippen LogP contribution in [0.2, 0.25) is 0 Å². The van der Waals surface area contributed by atoms with Crippen LogP contribution in [0.5, 0.6) is 0 Å². The number of nitrogens with zero attached hydrogens (tertiary/aromatic N) is 2. The first-order valence-electron chi connectivity index (χ1n) is 8.65. The molecule has 0 saturated heterocycles. The largest absolute Gasteiger partial charge is 0.381 e. The van der Waals surface area contributed by atoms with E-state index in [0.717, 1.165) is 26.9 Å². The van der Waals surface area contributed by atoms with Crippen LogP contribution in [0.25, 0.3) is 10.1 Å². The van der Waals surface area contributed by atoms with Crippen molar-refractivity contribution in [2.75, 3.05) is 25.5 Å². The van der Waals surface area contributed by atoms with Crippen LogP contribution in [-0.2, 0) is 9.53 Å². The van der Waals surface area contributed by atoms with Crippen LogP contribution in [0, 0.1) is 0 Å². The molecule has 0 aliphatic carbocycles. The Kier molecular flexibility index (Phi) is 4.63. The van der Waals surface area contributed by atoms with E-state index in [2.05, 4.69) is 16.4 Å². The third-order valence-corrected chi connectivity index (χ3v) is 5.85. The molecule has 3 aromatic rings. The number of rotatable bonds is 3. The summed E-state index contributed by atoms with van der Waals surface area (Å²) < 4.78 is 6.71. The molecule has 7 heteroatoms. The lowest BCUT2D eigenvalue weighted by atomic mass is 10.0. The van der Waals surface area contributed by atoms with Crippen LogP contribution in [0.1, 0.15) is 33.8 Å². The average Bonchev–Trinajstić information content (AvgIpc) is 2.95. The second-order valence-corrected chi connectivity index (χ2v) is 7.42. The Balaban J connectivity index is 1.81. The van der Waals surface area contributed by atoms with Crippen LogP contribution in [0.4, 0.5) is 5.69 Å². The molecule has 1 atom stereocenters. The number of hydrogen-bond acceptors (Lipinski definition) is 6. The minimum absolute atomic E-state index is 0.233. The van der Waals surface area contributed by atoms with Gasteiger partial charge >= 0.3 is 0 Å². The summed E-state index contributed by atoms with van der Waals surface area (Å²) in [6, 6.07) is 9.92. The van der Waals surface area contributed by atoms with Gasteiger partial charge in [-0.1, -0.05) is 12.1 Å². The Hall–Kier alpha value is -2.77. The molecule has 1 N–H and O–H groups in total. The van der Waals surface area contributed by atoms with Crippen molar-refractivity contribution >= 4 is 38.9 Å². The molecule has 0 spiro atoms. The molecule has 1 aromatic carbocycles. The molecule has 0 saturated carbocycles. The molecule has 138 valence electrons. The molecule has 2 aromatic heterocycles. The van der Waals surface area contributed by atoms with E-state index in [4.69, 9.17) is 4.74 Å². The highest BCUT2D eigenvalue weighted by Crippen LogP contribution is 2.40. The minimum Gasteiger partial charge on any atom is -0.381 e. The number of thiophene rings is 1. The fourth-order valence-electron chi connectivity index (χ4n) is 3.42. The molecule has 0 bridgehead atoms. The number of ether oxygens (including phenoxy) is 1. The summed E-state index contributed by atoms with van der Waals surface area (Å²) in [5, 5.41) is 4.30. The zero-order valence-corrected chi connectivity index (χ0v) is 15.9. The highest BCUT2D eigenvalue weighted by Gasteiger charge is 2.29. The van der Waals surface area contributed by atoms with Crippen LogP contribution >= 0.6 is 11.3 Å². The predicted octanol–water partition coefficient (Wildman–Crippen LogP) is 3.45. The Morgan fingerprint density at radius 1 is 1.33 bits per heavy atom. The molecule has 2 amide bonds. The topological polar surface area (TPSA) is 71.5 Å². The first-order chi connectivity index (χ1) is 13.1. The zero-order chi connectivity index (χ0) is 19.0. The van der Waals surface area contributed by atoms with Crippen LogP contribution in [-0.4, -0.2) is 41.9 Å². The van der Waals surface area contributed by atoms with E-state index in [9.17, 15) is 9.59 Å². The van der Waals surface area contributed by atoms with E-state index in [0.29, 0.717) is 18.0 Å². The van der Waals surface area contributed by atoms with E-state index in [1.807, 2.05) is 24.3 Å². The molecule has 1 aliphatic heterocycles. The minimum atomic E-state index is -0.242. The third-order valence-electron chi connectivity index (χ3n) is 4.69. The van der Waals surface area contributed by atoms with Gasteiger partial charge in [-0.15, -0.1) is 11.3 Å². The van der Waals surface area contributed by atoms with Crippen molar-refractivity contribution < 1.29 is 14.3 Å². The lowest BCUT2D eigenvalue weighted by molar-refractivity contribution is -0.126. The van der Waals surface area contributed by atoms with E-state index < -0.39 is 0 Å². The van der Waals surface area contributed by atoms with Gasteiger partial charge in [0.15, 0.2) is 0 Å². The van der Waals surface area contributed by atoms with Crippen molar-refractivity contribution in [3.63, 3.8) is 0 Å². The number of benzene rings is 1. The van der Waals surface area contributed by atoms with E-state index in [-0.39, 0.29) is 17.9 Å². The predicted molar refractivity (Wildman–Crippen MR) is 105 cm³/mol. The monoisotopic (exact) mass is 381 g/mol. The van der Waals surface area contributed by atoms with Crippen molar-refractivity contribution in [3.05, 3.63) is 58.7 Å². The van der Waals surface area contributed by atoms with Gasteiger partial charge in [0, 0.05) is 55.2 Å². The summed E-state index contributed by atoms with van der Waals surface area (Å²) >= 11 is 1.41. The maximum absolute atomic E-state index is 12.8. The van der Waals surface area contributed by atoms with Gasteiger partial charge in [-0.05, 0) is 23.8 Å². The summed E-state index contributed by atoms with van der Waals surface area (Å²) in [7, 11) is 1.67. The van der Waals surface area contributed by atoms with E-state index in [1.165, 1.54) is 23.2 Å². The lowest BCUT2D eigenvalue weighted by Gasteiger charge is -2.16. The average molecular weight is 381 g/mol. The van der Waals surface area contributed by atoms with Gasteiger partial charge in [0.25, 0.3) is 5.91 Å². The summed E-state index contributed by atoms with van der Waals surface area (Å²) in [6.45, 7) is 2.32. The quantitative estimate of drug-likeness (QED) is 0.752. The lowest BCUT2D eigenvalue weighted by Crippen LogP contribution is -2.36. The fraction of sp³-hybridized carbons (Fsp3) is 0.250. The van der Waals surface area contributed by atoms with Crippen molar-refractivity contribution in [2.24, 2.45) is 0 Å². The van der Waals surface area contributed by atoms with Gasteiger partial charge in [0.1, 0.15) is 11.0 Å². The summed E-state index contributed by atoms with van der Waals surface area (Å²) in [5.74, 6) is -0.468. The highest BCUT2D eigenvalue weighted by molar-refractivity contribution is 7.21. The number of hydrogen-bond donors (Lipinski definition) is 1. The molecule has 0 fully saturated rings. The number of aromatic nitrogens is 1. The van der Waals surface area contributed by atoms with Gasteiger partial charge in [0.05, 0.1) is 5.69 Å². The first kappa shape index (κ1) is 17.6. The maximum Gasteiger partial charge on any atom is 0.272 e. The SMILES string of the molecule is COC(c1cccnc1)c1ccc2sc3c(c2c1)NCCN(C(C)=O)C3=O. The number of carbonyl (C=O) groups excluding carboxylic acids is 2. The standard InChI is InChI=1S/C20H19N3O3S/c1-12(24)23-9-8-22-17-15-10-13(5-6-16(15)27-19(17)20(23)25)18(26-2)14-4-3-7-21-11-14/h3-7,10-11,18,22H,8-9H2,1-2H3. The van der Waals surface area contributed by atoms with Gasteiger partial charge in [-0.2, -0.15) is 0 Å². The molecule has 4 rings (SSSR count). The third kappa shape index (κ3) is 3.09. The Bertz CT molecular complexity index is 1020. The normalized spacial score (nSPS) is 15.2. The number of carbonyl (C=O) groups is 2. The zero-order valence-electron chi connectivity index (χ0n) is 15.1. The second kappa shape index (κ2) is 7.09. The van der Waals surface area contributed by atoms with Crippen molar-refractivity contribution in [2.45, 2.75) is 13.0 Å². The second-order valence-electron chi connectivity index (χ2n) is 6.37. The fourth-order valence-corrected chi connectivity index (χ4v) is 4.53. The number of pyridine rings is 1. The number of imide groups is 1. The molecule has 1 unspecified atom stereocenters. The van der Waals surface area contributed by atoms with E-state index in [1.54, 1.807) is 19.5 Å². The van der Waals surface area contributed by atoms with Crippen molar-refractivity contribution in [1.82, 2.24) is 9.88 Å². The molecular weight excluding hydrogens is 362 g/mol. The number of amides is 2. The number of fused-ring (bicyclic) bond motifs is 3. The van der Waals surface area contributed by atoms with Crippen LogP contribution in [0.15, 0.2) is 42.7 Å². The smallest absolute Gasteiger partial charge is 0.272 e. The Morgan fingerprint density at radius 2 is 2.19 bits per heavy atom. The van der Waals surface area contributed by atoms with Gasteiger partial charge in [-0.3, -0.25) is 19.5 Å². The Labute approximate surface area is 160 Å². The van der Waals surface area contributed by atoms with Crippen LogP contribution < -0.4 is 5.32 Å². The summed E-state index contributed by atoms with van der Waals surface area (Å²) in [4.78, 5) is 30.6. The molecule has 27 heavy (non-hydrogen) atoms. The maximum atomic E-state index is 12.8. The number of anilines is 1. The van der Waals surface area contributed by atoms with E-state index >= 15 is 0 Å². The summed E-state index contributed by atoms with van der Waals surface area (Å²) in [5.41, 5.74) is 2.75. The summed E-state index contributed by atoms with van der Waals surface area (Å²) in [6.07, 6.45) is 3.28. The van der Waals surface area contributed by atoms with Crippen molar-refractivity contribution in [3.8, 4) is 0 Å². The highest BCUT2D eigenvalue weighted by atomic mass is 32.1. The Morgan fingerprint density at radius 3 is 2.89 bits per heavy atom. The van der Waals surface area contributed by atoms with Crippen LogP contribution in [0.3, 0.4) is 0 Å². The van der Waals surface area contributed by atoms with Gasteiger partial charge in [-0.25, -0.2) is 0 Å².